The minimum atomic E-state index is 0.793. The standard InChI is InChI=1S/C16H20N2O/c1-19-16-9-5-3-6-13(16)10-11-18-12-14-7-2-4-8-15(14)17/h2-9,18H,10-12,17H2,1H3. The number of hydrogen-bond acceptors (Lipinski definition) is 3. The summed E-state index contributed by atoms with van der Waals surface area (Å²) in [5, 5.41) is 3.41. The molecule has 0 bridgehead atoms. The number of anilines is 1. The highest BCUT2D eigenvalue weighted by atomic mass is 16.5. The minimum absolute atomic E-state index is 0.793. The molecule has 0 saturated heterocycles. The highest BCUT2D eigenvalue weighted by molar-refractivity contribution is 5.46. The van der Waals surface area contributed by atoms with E-state index in [1.54, 1.807) is 7.11 Å². The van der Waals surface area contributed by atoms with Gasteiger partial charge < -0.3 is 15.8 Å². The molecule has 0 aliphatic rings. The quantitative estimate of drug-likeness (QED) is 0.617. The summed E-state index contributed by atoms with van der Waals surface area (Å²) in [7, 11) is 1.71. The van der Waals surface area contributed by atoms with Crippen LogP contribution in [0.5, 0.6) is 5.75 Å². The van der Waals surface area contributed by atoms with Crippen LogP contribution in [0.3, 0.4) is 0 Å². The Balaban J connectivity index is 1.83. The molecular formula is C16H20N2O. The second-order valence-electron chi connectivity index (χ2n) is 4.44. The van der Waals surface area contributed by atoms with Crippen LogP contribution in [-0.4, -0.2) is 13.7 Å². The van der Waals surface area contributed by atoms with Crippen molar-refractivity contribution >= 4 is 5.69 Å². The smallest absolute Gasteiger partial charge is 0.122 e. The third kappa shape index (κ3) is 3.73. The second kappa shape index (κ2) is 6.81. The summed E-state index contributed by atoms with van der Waals surface area (Å²) < 4.78 is 5.33. The molecule has 0 fully saturated rings. The van der Waals surface area contributed by atoms with Crippen molar-refractivity contribution in [3.8, 4) is 5.75 Å². The molecule has 2 aromatic rings. The third-order valence-corrected chi connectivity index (χ3v) is 3.13. The van der Waals surface area contributed by atoms with Crippen LogP contribution in [0.1, 0.15) is 11.1 Å². The zero-order chi connectivity index (χ0) is 13.5. The number of ether oxygens (including phenoxy) is 1. The summed E-state index contributed by atoms with van der Waals surface area (Å²) in [5.41, 5.74) is 9.10. The van der Waals surface area contributed by atoms with Gasteiger partial charge in [0.2, 0.25) is 0 Å². The average molecular weight is 256 g/mol. The average Bonchev–Trinajstić information content (AvgIpc) is 2.45. The van der Waals surface area contributed by atoms with Gasteiger partial charge in [0.15, 0.2) is 0 Å². The zero-order valence-corrected chi connectivity index (χ0v) is 11.2. The maximum absolute atomic E-state index is 5.90. The van der Waals surface area contributed by atoms with Crippen LogP contribution in [0.4, 0.5) is 5.69 Å². The molecule has 2 aromatic carbocycles. The lowest BCUT2D eigenvalue weighted by atomic mass is 10.1. The fourth-order valence-corrected chi connectivity index (χ4v) is 2.05. The van der Waals surface area contributed by atoms with E-state index >= 15 is 0 Å². The fraction of sp³-hybridized carbons (Fsp3) is 0.250. The van der Waals surface area contributed by atoms with Crippen LogP contribution in [0.15, 0.2) is 48.5 Å². The number of rotatable bonds is 6. The van der Waals surface area contributed by atoms with Gasteiger partial charge >= 0.3 is 0 Å². The lowest BCUT2D eigenvalue weighted by Crippen LogP contribution is -2.17. The predicted octanol–water partition coefficient (Wildman–Crippen LogP) is 2.61. The predicted molar refractivity (Wildman–Crippen MR) is 79.3 cm³/mol. The van der Waals surface area contributed by atoms with E-state index in [0.29, 0.717) is 0 Å². The molecule has 0 atom stereocenters. The van der Waals surface area contributed by atoms with E-state index < -0.39 is 0 Å². The van der Waals surface area contributed by atoms with Gasteiger partial charge in [-0.3, -0.25) is 0 Å². The van der Waals surface area contributed by atoms with Crippen molar-refractivity contribution in [3.63, 3.8) is 0 Å². The SMILES string of the molecule is COc1ccccc1CCNCc1ccccc1N. The highest BCUT2D eigenvalue weighted by Crippen LogP contribution is 2.17. The molecule has 3 N–H and O–H groups in total. The molecule has 100 valence electrons. The monoisotopic (exact) mass is 256 g/mol. The molecule has 0 saturated carbocycles. The van der Waals surface area contributed by atoms with E-state index in [1.165, 1.54) is 5.56 Å². The molecule has 0 radical (unpaired) electrons. The third-order valence-electron chi connectivity index (χ3n) is 3.13. The number of hydrogen-bond donors (Lipinski definition) is 2. The van der Waals surface area contributed by atoms with Crippen molar-refractivity contribution in [1.82, 2.24) is 5.32 Å². The summed E-state index contributed by atoms with van der Waals surface area (Å²) in [6.45, 7) is 1.69. The number of nitrogen functional groups attached to an aromatic ring is 1. The Labute approximate surface area is 114 Å². The summed E-state index contributed by atoms with van der Waals surface area (Å²) >= 11 is 0. The van der Waals surface area contributed by atoms with Gasteiger partial charge in [0.1, 0.15) is 5.75 Å². The summed E-state index contributed by atoms with van der Waals surface area (Å²) in [6, 6.07) is 16.0. The highest BCUT2D eigenvalue weighted by Gasteiger charge is 2.01. The van der Waals surface area contributed by atoms with E-state index in [-0.39, 0.29) is 0 Å². The Morgan fingerprint density at radius 1 is 1.00 bits per heavy atom. The zero-order valence-electron chi connectivity index (χ0n) is 11.2. The van der Waals surface area contributed by atoms with Crippen LogP contribution in [0.25, 0.3) is 0 Å². The lowest BCUT2D eigenvalue weighted by molar-refractivity contribution is 0.409. The first kappa shape index (κ1) is 13.4. The van der Waals surface area contributed by atoms with Crippen LogP contribution in [0, 0.1) is 0 Å². The van der Waals surface area contributed by atoms with Crippen molar-refractivity contribution < 1.29 is 4.74 Å². The Morgan fingerprint density at radius 2 is 1.68 bits per heavy atom. The fourth-order valence-electron chi connectivity index (χ4n) is 2.05. The molecule has 0 heterocycles. The largest absolute Gasteiger partial charge is 0.496 e. The van der Waals surface area contributed by atoms with Crippen molar-refractivity contribution in [3.05, 3.63) is 59.7 Å². The first-order chi connectivity index (χ1) is 9.31. The van der Waals surface area contributed by atoms with E-state index in [2.05, 4.69) is 11.4 Å². The van der Waals surface area contributed by atoms with E-state index in [1.807, 2.05) is 42.5 Å². The number of methoxy groups -OCH3 is 1. The molecule has 19 heavy (non-hydrogen) atoms. The molecule has 2 rings (SSSR count). The minimum Gasteiger partial charge on any atom is -0.496 e. The maximum Gasteiger partial charge on any atom is 0.122 e. The number of benzene rings is 2. The summed E-state index contributed by atoms with van der Waals surface area (Å²) in [5.74, 6) is 0.948. The van der Waals surface area contributed by atoms with Crippen molar-refractivity contribution in [2.45, 2.75) is 13.0 Å². The van der Waals surface area contributed by atoms with E-state index in [0.717, 1.165) is 36.5 Å². The van der Waals surface area contributed by atoms with Crippen LogP contribution in [0.2, 0.25) is 0 Å². The molecular weight excluding hydrogens is 236 g/mol. The van der Waals surface area contributed by atoms with Gasteiger partial charge in [-0.05, 0) is 36.2 Å². The number of nitrogens with one attached hydrogen (secondary N) is 1. The molecule has 0 spiro atoms. The van der Waals surface area contributed by atoms with Crippen LogP contribution < -0.4 is 15.8 Å². The van der Waals surface area contributed by atoms with Crippen molar-refractivity contribution in [2.75, 3.05) is 19.4 Å². The molecule has 0 aliphatic carbocycles. The Bertz CT molecular complexity index is 526. The lowest BCUT2D eigenvalue weighted by Gasteiger charge is -2.10. The normalized spacial score (nSPS) is 10.4. The molecule has 3 heteroatoms. The van der Waals surface area contributed by atoms with Gasteiger partial charge in [-0.2, -0.15) is 0 Å². The first-order valence-corrected chi connectivity index (χ1v) is 6.47. The van der Waals surface area contributed by atoms with Crippen LogP contribution >= 0.6 is 0 Å². The number of nitrogens with two attached hydrogens (primary N) is 1. The van der Waals surface area contributed by atoms with Gasteiger partial charge in [0.05, 0.1) is 7.11 Å². The van der Waals surface area contributed by atoms with Gasteiger partial charge in [0, 0.05) is 12.2 Å². The summed E-state index contributed by atoms with van der Waals surface area (Å²) in [6.07, 6.45) is 0.941. The maximum atomic E-state index is 5.90. The van der Waals surface area contributed by atoms with Crippen molar-refractivity contribution in [2.24, 2.45) is 0 Å². The Hall–Kier alpha value is -2.00. The van der Waals surface area contributed by atoms with Gasteiger partial charge in [-0.15, -0.1) is 0 Å². The second-order valence-corrected chi connectivity index (χ2v) is 4.44. The Morgan fingerprint density at radius 3 is 2.42 bits per heavy atom. The molecule has 0 unspecified atom stereocenters. The molecule has 0 amide bonds. The summed E-state index contributed by atoms with van der Waals surface area (Å²) in [4.78, 5) is 0. The Kier molecular flexibility index (Phi) is 4.81. The van der Waals surface area contributed by atoms with Crippen LogP contribution in [-0.2, 0) is 13.0 Å². The van der Waals surface area contributed by atoms with Gasteiger partial charge in [0.25, 0.3) is 0 Å². The molecule has 3 nitrogen and oxygen atoms in total. The van der Waals surface area contributed by atoms with Crippen molar-refractivity contribution in [1.29, 1.82) is 0 Å². The topological polar surface area (TPSA) is 47.3 Å². The molecule has 0 aromatic heterocycles. The van der Waals surface area contributed by atoms with Gasteiger partial charge in [-0.1, -0.05) is 36.4 Å². The van der Waals surface area contributed by atoms with E-state index in [4.69, 9.17) is 10.5 Å². The first-order valence-electron chi connectivity index (χ1n) is 6.47. The number of para-hydroxylation sites is 2. The van der Waals surface area contributed by atoms with Gasteiger partial charge in [-0.25, -0.2) is 0 Å². The molecule has 0 aliphatic heterocycles. The van der Waals surface area contributed by atoms with E-state index in [9.17, 15) is 0 Å².